The number of rotatable bonds is 9. The lowest BCUT2D eigenvalue weighted by Crippen LogP contribution is -2.30. The highest BCUT2D eigenvalue weighted by Gasteiger charge is 2.11. The molecule has 0 aromatic rings. The molecule has 0 aromatic heterocycles. The summed E-state index contributed by atoms with van der Waals surface area (Å²) in [5.74, 6) is 0.560. The highest BCUT2D eigenvalue weighted by atomic mass is 16.5. The summed E-state index contributed by atoms with van der Waals surface area (Å²) < 4.78 is 10.7. The molecular formula is C13H26N2O2. The van der Waals surface area contributed by atoms with E-state index in [1.807, 2.05) is 27.7 Å². The summed E-state index contributed by atoms with van der Waals surface area (Å²) in [6, 6.07) is 0. The third kappa shape index (κ3) is 11.1. The Balaban J connectivity index is 3.59. The summed E-state index contributed by atoms with van der Waals surface area (Å²) >= 11 is 0. The Hall–Kier alpha value is -1.16. The lowest BCUT2D eigenvalue weighted by Gasteiger charge is -2.23. The molecule has 0 rings (SSSR count). The highest BCUT2D eigenvalue weighted by molar-refractivity contribution is 4.97. The van der Waals surface area contributed by atoms with Gasteiger partial charge < -0.3 is 20.1 Å². The minimum atomic E-state index is -0.228. The second-order valence-corrected chi connectivity index (χ2v) is 4.72. The van der Waals surface area contributed by atoms with Crippen molar-refractivity contribution in [2.45, 2.75) is 33.3 Å². The van der Waals surface area contributed by atoms with Gasteiger partial charge in [-0.1, -0.05) is 6.58 Å². The van der Waals surface area contributed by atoms with Gasteiger partial charge in [-0.3, -0.25) is 0 Å². The maximum absolute atomic E-state index is 5.53. The second kappa shape index (κ2) is 8.01. The van der Waals surface area contributed by atoms with Crippen molar-refractivity contribution in [1.82, 2.24) is 10.6 Å². The molecule has 0 atom stereocenters. The van der Waals surface area contributed by atoms with Gasteiger partial charge >= 0.3 is 0 Å². The van der Waals surface area contributed by atoms with Crippen molar-refractivity contribution >= 4 is 0 Å². The van der Waals surface area contributed by atoms with Crippen molar-refractivity contribution in [3.8, 4) is 0 Å². The zero-order valence-corrected chi connectivity index (χ0v) is 11.6. The van der Waals surface area contributed by atoms with Crippen LogP contribution in [0.4, 0.5) is 0 Å². The van der Waals surface area contributed by atoms with Gasteiger partial charge in [0.1, 0.15) is 5.60 Å². The van der Waals surface area contributed by atoms with E-state index >= 15 is 0 Å². The van der Waals surface area contributed by atoms with Crippen LogP contribution in [0.5, 0.6) is 0 Å². The van der Waals surface area contributed by atoms with Crippen LogP contribution in [0.25, 0.3) is 0 Å². The molecule has 4 heteroatoms. The van der Waals surface area contributed by atoms with Crippen LogP contribution in [0.1, 0.15) is 27.7 Å². The Morgan fingerprint density at radius 2 is 1.82 bits per heavy atom. The molecule has 0 heterocycles. The maximum Gasteiger partial charge on any atom is 0.180 e. The molecule has 4 nitrogen and oxygen atoms in total. The molecule has 0 unspecified atom stereocenters. The van der Waals surface area contributed by atoms with Gasteiger partial charge in [0.15, 0.2) is 5.88 Å². The van der Waals surface area contributed by atoms with Gasteiger partial charge in [0.2, 0.25) is 0 Å². The Labute approximate surface area is 105 Å². The largest absolute Gasteiger partial charge is 0.474 e. The number of ether oxygens (including phenoxy) is 2. The molecule has 0 spiro atoms. The molecule has 0 saturated heterocycles. The van der Waals surface area contributed by atoms with E-state index < -0.39 is 0 Å². The molecule has 0 radical (unpaired) electrons. The predicted octanol–water partition coefficient (Wildman–Crippen LogP) is 2.00. The summed E-state index contributed by atoms with van der Waals surface area (Å²) in [6.45, 7) is 18.4. The summed E-state index contributed by atoms with van der Waals surface area (Å²) in [4.78, 5) is 0. The van der Waals surface area contributed by atoms with Gasteiger partial charge in [-0.15, -0.1) is 0 Å². The first-order chi connectivity index (χ1) is 7.85. The van der Waals surface area contributed by atoms with E-state index in [1.54, 1.807) is 0 Å². The van der Waals surface area contributed by atoms with E-state index in [0.717, 1.165) is 18.8 Å². The third-order valence-electron chi connectivity index (χ3n) is 1.75. The Morgan fingerprint density at radius 3 is 2.35 bits per heavy atom. The van der Waals surface area contributed by atoms with E-state index in [2.05, 4.69) is 23.8 Å². The average Bonchev–Trinajstić information content (AvgIpc) is 2.19. The van der Waals surface area contributed by atoms with Crippen molar-refractivity contribution in [3.63, 3.8) is 0 Å². The van der Waals surface area contributed by atoms with E-state index in [-0.39, 0.29) is 5.60 Å². The zero-order valence-electron chi connectivity index (χ0n) is 11.6. The number of hydrogen-bond donors (Lipinski definition) is 2. The SMILES string of the molecule is C=C(CNC(=C)OC(C)(C)C)NCCOCC. The molecule has 0 aliphatic carbocycles. The monoisotopic (exact) mass is 242 g/mol. The van der Waals surface area contributed by atoms with Crippen LogP contribution in [0.2, 0.25) is 0 Å². The minimum Gasteiger partial charge on any atom is -0.474 e. The maximum atomic E-state index is 5.53. The minimum absolute atomic E-state index is 0.228. The summed E-state index contributed by atoms with van der Waals surface area (Å²) in [7, 11) is 0. The van der Waals surface area contributed by atoms with Gasteiger partial charge in [-0.25, -0.2) is 0 Å². The molecule has 0 saturated carbocycles. The molecular weight excluding hydrogens is 216 g/mol. The van der Waals surface area contributed by atoms with Crippen LogP contribution in [0.15, 0.2) is 24.7 Å². The fourth-order valence-corrected chi connectivity index (χ4v) is 1.12. The van der Waals surface area contributed by atoms with Crippen molar-refractivity contribution < 1.29 is 9.47 Å². The normalized spacial score (nSPS) is 10.8. The van der Waals surface area contributed by atoms with E-state index in [1.165, 1.54) is 0 Å². The summed E-state index contributed by atoms with van der Waals surface area (Å²) in [5, 5.41) is 6.22. The number of nitrogens with one attached hydrogen (secondary N) is 2. The highest BCUT2D eigenvalue weighted by Crippen LogP contribution is 2.10. The zero-order chi connectivity index (χ0) is 13.3. The van der Waals surface area contributed by atoms with Gasteiger partial charge in [-0.05, 0) is 34.3 Å². The molecule has 17 heavy (non-hydrogen) atoms. The van der Waals surface area contributed by atoms with Crippen LogP contribution < -0.4 is 10.6 Å². The molecule has 0 fully saturated rings. The third-order valence-corrected chi connectivity index (χ3v) is 1.75. The topological polar surface area (TPSA) is 42.5 Å². The van der Waals surface area contributed by atoms with Crippen molar-refractivity contribution in [3.05, 3.63) is 24.7 Å². The summed E-state index contributed by atoms with van der Waals surface area (Å²) in [6.07, 6.45) is 0. The molecule has 0 aromatic carbocycles. The van der Waals surface area contributed by atoms with Crippen LogP contribution in [-0.4, -0.2) is 31.9 Å². The Morgan fingerprint density at radius 1 is 1.18 bits per heavy atom. The summed E-state index contributed by atoms with van der Waals surface area (Å²) in [5.41, 5.74) is 0.664. The van der Waals surface area contributed by atoms with Crippen molar-refractivity contribution in [2.24, 2.45) is 0 Å². The van der Waals surface area contributed by atoms with Crippen LogP contribution in [-0.2, 0) is 9.47 Å². The lowest BCUT2D eigenvalue weighted by atomic mass is 10.2. The van der Waals surface area contributed by atoms with Gasteiger partial charge in [-0.2, -0.15) is 0 Å². The van der Waals surface area contributed by atoms with Crippen LogP contribution in [0.3, 0.4) is 0 Å². The molecule has 100 valence electrons. The van der Waals surface area contributed by atoms with E-state index in [9.17, 15) is 0 Å². The Kier molecular flexibility index (Phi) is 7.46. The average molecular weight is 242 g/mol. The van der Waals surface area contributed by atoms with Gasteiger partial charge in [0, 0.05) is 18.8 Å². The van der Waals surface area contributed by atoms with E-state index in [0.29, 0.717) is 19.0 Å². The van der Waals surface area contributed by atoms with E-state index in [4.69, 9.17) is 9.47 Å². The first-order valence-corrected chi connectivity index (χ1v) is 5.96. The second-order valence-electron chi connectivity index (χ2n) is 4.72. The fraction of sp³-hybridized carbons (Fsp3) is 0.692. The van der Waals surface area contributed by atoms with Gasteiger partial charge in [0.25, 0.3) is 0 Å². The molecule has 2 N–H and O–H groups in total. The Bertz CT molecular complexity index is 244. The van der Waals surface area contributed by atoms with Crippen molar-refractivity contribution in [1.29, 1.82) is 0 Å². The van der Waals surface area contributed by atoms with Gasteiger partial charge in [0.05, 0.1) is 13.2 Å². The van der Waals surface area contributed by atoms with Crippen LogP contribution >= 0.6 is 0 Å². The first kappa shape index (κ1) is 15.8. The predicted molar refractivity (Wildman–Crippen MR) is 71.6 cm³/mol. The fourth-order valence-electron chi connectivity index (χ4n) is 1.12. The molecule has 0 bridgehead atoms. The lowest BCUT2D eigenvalue weighted by molar-refractivity contribution is 0.0422. The molecule has 0 aliphatic heterocycles. The molecule has 0 amide bonds. The molecule has 0 aliphatic rings. The smallest absolute Gasteiger partial charge is 0.180 e. The number of hydrogen-bond acceptors (Lipinski definition) is 4. The van der Waals surface area contributed by atoms with Crippen LogP contribution in [0, 0.1) is 0 Å². The standard InChI is InChI=1S/C13H26N2O2/c1-7-16-9-8-14-11(2)10-15-12(3)17-13(4,5)6/h14-15H,2-3,7-10H2,1,4-6H3. The van der Waals surface area contributed by atoms with Crippen molar-refractivity contribution in [2.75, 3.05) is 26.3 Å². The first-order valence-electron chi connectivity index (χ1n) is 5.96. The quantitative estimate of drug-likeness (QED) is 0.479.